The Morgan fingerprint density at radius 3 is 2.68 bits per heavy atom. The van der Waals surface area contributed by atoms with Gasteiger partial charge >= 0.3 is 5.97 Å². The number of carbonyl (C=O) groups is 3. The van der Waals surface area contributed by atoms with Gasteiger partial charge in [0.05, 0.1) is 0 Å². The summed E-state index contributed by atoms with van der Waals surface area (Å²) < 4.78 is 5.29. The molecule has 0 saturated heterocycles. The Bertz CT molecular complexity index is 845. The number of carbonyl (C=O) groups excluding carboxylic acids is 3. The molecule has 3 rings (SSSR count). The first-order chi connectivity index (χ1) is 13.5. The maximum absolute atomic E-state index is 12.7. The lowest BCUT2D eigenvalue weighted by molar-refractivity contribution is -0.125. The smallest absolute Gasteiger partial charge is 0.342 e. The van der Waals surface area contributed by atoms with Crippen LogP contribution in [0.4, 0.5) is 5.00 Å². The molecule has 1 fully saturated rings. The Morgan fingerprint density at radius 1 is 1.21 bits per heavy atom. The first-order valence-electron chi connectivity index (χ1n) is 9.35. The number of amides is 2. The fourth-order valence-corrected chi connectivity index (χ4v) is 5.23. The summed E-state index contributed by atoms with van der Waals surface area (Å²) in [6, 6.07) is 3.93. The molecule has 2 amide bonds. The van der Waals surface area contributed by atoms with E-state index in [0.29, 0.717) is 22.0 Å². The zero-order valence-corrected chi connectivity index (χ0v) is 17.6. The molecule has 2 aromatic rings. The highest BCUT2D eigenvalue weighted by Gasteiger charge is 2.25. The predicted octanol–water partition coefficient (Wildman–Crippen LogP) is 4.29. The van der Waals surface area contributed by atoms with Gasteiger partial charge in [-0.05, 0) is 30.2 Å². The Hall–Kier alpha value is -2.19. The van der Waals surface area contributed by atoms with Crippen molar-refractivity contribution < 1.29 is 19.1 Å². The molecule has 2 N–H and O–H groups in total. The van der Waals surface area contributed by atoms with Crippen LogP contribution in [-0.2, 0) is 14.3 Å². The minimum absolute atomic E-state index is 0.137. The maximum atomic E-state index is 12.7. The van der Waals surface area contributed by atoms with E-state index in [1.807, 2.05) is 22.9 Å². The molecular formula is C20H24N2O4S2. The van der Waals surface area contributed by atoms with E-state index in [1.54, 1.807) is 0 Å². The summed E-state index contributed by atoms with van der Waals surface area (Å²) in [4.78, 5) is 37.4. The van der Waals surface area contributed by atoms with E-state index < -0.39 is 5.97 Å². The lowest BCUT2D eigenvalue weighted by Crippen LogP contribution is -2.42. The lowest BCUT2D eigenvalue weighted by atomic mass is 9.86. The second kappa shape index (κ2) is 9.34. The normalized spacial score (nSPS) is 19.1. The van der Waals surface area contributed by atoms with E-state index in [0.717, 1.165) is 24.1 Å². The Labute approximate surface area is 172 Å². The minimum atomic E-state index is -0.611. The summed E-state index contributed by atoms with van der Waals surface area (Å²) in [5.74, 6) is -0.735. The summed E-state index contributed by atoms with van der Waals surface area (Å²) in [5, 5.41) is 9.82. The molecule has 0 spiro atoms. The molecule has 0 unspecified atom stereocenters. The monoisotopic (exact) mass is 420 g/mol. The second-order valence-corrected chi connectivity index (χ2v) is 8.85. The van der Waals surface area contributed by atoms with E-state index >= 15 is 0 Å². The largest absolute Gasteiger partial charge is 0.452 e. The number of thiophene rings is 2. The van der Waals surface area contributed by atoms with Crippen molar-refractivity contribution >= 4 is 45.5 Å². The zero-order chi connectivity index (χ0) is 20.1. The van der Waals surface area contributed by atoms with Gasteiger partial charge in [-0.15, -0.1) is 22.7 Å². The van der Waals surface area contributed by atoms with Gasteiger partial charge in [-0.25, -0.2) is 4.79 Å². The summed E-state index contributed by atoms with van der Waals surface area (Å²) >= 11 is 2.76. The van der Waals surface area contributed by atoms with Crippen LogP contribution in [0.1, 0.15) is 49.9 Å². The fraction of sp³-hybridized carbons (Fsp3) is 0.450. The van der Waals surface area contributed by atoms with Crippen molar-refractivity contribution in [2.24, 2.45) is 5.92 Å². The predicted molar refractivity (Wildman–Crippen MR) is 112 cm³/mol. The van der Waals surface area contributed by atoms with Crippen molar-refractivity contribution in [3.05, 3.63) is 28.5 Å². The maximum Gasteiger partial charge on any atom is 0.342 e. The molecule has 1 saturated carbocycles. The standard InChI is InChI=1S/C20H24N2O4S2/c1-12-6-3-4-7-15(12)22-17(24)10-26-20(25)18-14(16-8-5-9-27-16)11-28-19(18)21-13(2)23/h5,8-9,11-12,15H,3-4,6-7,10H2,1-2H3,(H,21,23)(H,22,24)/t12-,15+/m1/s1. The van der Waals surface area contributed by atoms with Gasteiger partial charge in [0.2, 0.25) is 5.91 Å². The van der Waals surface area contributed by atoms with E-state index in [-0.39, 0.29) is 24.5 Å². The van der Waals surface area contributed by atoms with Crippen LogP contribution in [0.3, 0.4) is 0 Å². The third kappa shape index (κ3) is 4.99. The lowest BCUT2D eigenvalue weighted by Gasteiger charge is -2.29. The van der Waals surface area contributed by atoms with Crippen LogP contribution in [0.15, 0.2) is 22.9 Å². The molecule has 1 aliphatic carbocycles. The molecule has 2 atom stereocenters. The van der Waals surface area contributed by atoms with Gasteiger partial charge < -0.3 is 15.4 Å². The number of hydrogen-bond donors (Lipinski definition) is 2. The van der Waals surface area contributed by atoms with Gasteiger partial charge in [0.25, 0.3) is 5.91 Å². The number of anilines is 1. The average molecular weight is 421 g/mol. The van der Waals surface area contributed by atoms with E-state index in [9.17, 15) is 14.4 Å². The van der Waals surface area contributed by atoms with E-state index in [4.69, 9.17) is 4.74 Å². The van der Waals surface area contributed by atoms with Gasteiger partial charge in [0, 0.05) is 28.8 Å². The Morgan fingerprint density at radius 2 is 2.00 bits per heavy atom. The van der Waals surface area contributed by atoms with Crippen LogP contribution in [0.2, 0.25) is 0 Å². The Kier molecular flexibility index (Phi) is 6.85. The van der Waals surface area contributed by atoms with Crippen molar-refractivity contribution in [2.75, 3.05) is 11.9 Å². The van der Waals surface area contributed by atoms with Crippen molar-refractivity contribution in [3.63, 3.8) is 0 Å². The van der Waals surface area contributed by atoms with Crippen LogP contribution in [0.25, 0.3) is 10.4 Å². The first-order valence-corrected chi connectivity index (χ1v) is 11.1. The fourth-order valence-electron chi connectivity index (χ4n) is 3.41. The molecular weight excluding hydrogens is 396 g/mol. The van der Waals surface area contributed by atoms with E-state index in [1.165, 1.54) is 36.0 Å². The quantitative estimate of drug-likeness (QED) is 0.683. The summed E-state index contributed by atoms with van der Waals surface area (Å²) in [7, 11) is 0. The molecule has 8 heteroatoms. The molecule has 150 valence electrons. The van der Waals surface area contributed by atoms with Gasteiger partial charge in [0.15, 0.2) is 6.61 Å². The number of hydrogen-bond acceptors (Lipinski definition) is 6. The SMILES string of the molecule is CC(=O)Nc1scc(-c2cccs2)c1C(=O)OCC(=O)N[C@H]1CCCC[C@H]1C. The molecule has 2 heterocycles. The molecule has 0 bridgehead atoms. The summed E-state index contributed by atoms with van der Waals surface area (Å²) in [5.41, 5.74) is 0.997. The highest BCUT2D eigenvalue weighted by atomic mass is 32.1. The molecule has 0 radical (unpaired) electrons. The minimum Gasteiger partial charge on any atom is -0.452 e. The van der Waals surface area contributed by atoms with Crippen molar-refractivity contribution in [1.29, 1.82) is 0 Å². The van der Waals surface area contributed by atoms with Gasteiger partial charge in [-0.3, -0.25) is 9.59 Å². The highest BCUT2D eigenvalue weighted by molar-refractivity contribution is 7.17. The third-order valence-electron chi connectivity index (χ3n) is 4.86. The topological polar surface area (TPSA) is 84.5 Å². The summed E-state index contributed by atoms with van der Waals surface area (Å²) in [6.07, 6.45) is 4.36. The molecule has 2 aromatic heterocycles. The number of esters is 1. The summed E-state index contributed by atoms with van der Waals surface area (Å²) in [6.45, 7) is 3.19. The van der Waals surface area contributed by atoms with Crippen molar-refractivity contribution in [2.45, 2.75) is 45.6 Å². The average Bonchev–Trinajstić information content (AvgIpc) is 3.31. The Balaban J connectivity index is 1.68. The first kappa shape index (κ1) is 20.5. The van der Waals surface area contributed by atoms with Crippen molar-refractivity contribution in [3.8, 4) is 10.4 Å². The van der Waals surface area contributed by atoms with Gasteiger partial charge in [-0.2, -0.15) is 0 Å². The van der Waals surface area contributed by atoms with Crippen LogP contribution >= 0.6 is 22.7 Å². The number of ether oxygens (including phenoxy) is 1. The molecule has 6 nitrogen and oxygen atoms in total. The third-order valence-corrected chi connectivity index (χ3v) is 6.66. The van der Waals surface area contributed by atoms with Crippen LogP contribution < -0.4 is 10.6 Å². The number of nitrogens with one attached hydrogen (secondary N) is 2. The highest BCUT2D eigenvalue weighted by Crippen LogP contribution is 2.38. The van der Waals surface area contributed by atoms with Gasteiger partial charge in [0.1, 0.15) is 10.6 Å². The molecule has 1 aliphatic rings. The van der Waals surface area contributed by atoms with Crippen LogP contribution in [0.5, 0.6) is 0 Å². The molecule has 0 aromatic carbocycles. The number of rotatable bonds is 6. The zero-order valence-electron chi connectivity index (χ0n) is 15.9. The van der Waals surface area contributed by atoms with Crippen LogP contribution in [0, 0.1) is 5.92 Å². The van der Waals surface area contributed by atoms with Gasteiger partial charge in [-0.1, -0.05) is 25.8 Å². The van der Waals surface area contributed by atoms with E-state index in [2.05, 4.69) is 17.6 Å². The second-order valence-electron chi connectivity index (χ2n) is 7.02. The molecule has 28 heavy (non-hydrogen) atoms. The van der Waals surface area contributed by atoms with Crippen LogP contribution in [-0.4, -0.2) is 30.4 Å². The molecule has 0 aliphatic heterocycles. The van der Waals surface area contributed by atoms with Crippen molar-refractivity contribution in [1.82, 2.24) is 5.32 Å².